The molecule has 0 bridgehead atoms. The summed E-state index contributed by atoms with van der Waals surface area (Å²) in [6, 6.07) is 18.9. The first-order valence-corrected chi connectivity index (χ1v) is 12.2. The lowest BCUT2D eigenvalue weighted by Crippen LogP contribution is -2.47. The Morgan fingerprint density at radius 2 is 1.64 bits per heavy atom. The number of para-hydroxylation sites is 2. The third kappa shape index (κ3) is 3.45. The van der Waals surface area contributed by atoms with E-state index in [0.717, 1.165) is 79.3 Å². The fourth-order valence-electron chi connectivity index (χ4n) is 5.54. The van der Waals surface area contributed by atoms with Gasteiger partial charge in [0.25, 0.3) is 0 Å². The molecule has 0 N–H and O–H groups in total. The van der Waals surface area contributed by atoms with Crippen molar-refractivity contribution in [2.45, 2.75) is 32.2 Å². The number of rotatable bonds is 3. The van der Waals surface area contributed by atoms with E-state index in [0.29, 0.717) is 0 Å². The monoisotopic (exact) mass is 455 g/mol. The molecule has 1 aliphatic heterocycles. The van der Waals surface area contributed by atoms with Gasteiger partial charge in [0.2, 0.25) is 0 Å². The largest absolute Gasteiger partial charge is 0.355 e. The third-order valence-electron chi connectivity index (χ3n) is 7.17. The lowest BCUT2D eigenvalue weighted by molar-refractivity contribution is 0.249. The summed E-state index contributed by atoms with van der Waals surface area (Å²) in [6.07, 6.45) is 4.32. The number of nitriles is 1. The molecule has 0 unspecified atom stereocenters. The zero-order chi connectivity index (χ0) is 22.4. The van der Waals surface area contributed by atoms with Gasteiger partial charge in [-0.2, -0.15) is 5.26 Å². The zero-order valence-electron chi connectivity index (χ0n) is 18.6. The molecule has 1 fully saturated rings. The predicted octanol–water partition coefficient (Wildman–Crippen LogP) is 5.21. The van der Waals surface area contributed by atoms with Crippen LogP contribution < -0.4 is 4.90 Å². The molecule has 2 aromatic heterocycles. The second-order valence-corrected chi connectivity index (χ2v) is 9.50. The normalized spacial score (nSPS) is 16.8. The molecular weight excluding hydrogens is 430 g/mol. The average Bonchev–Trinajstić information content (AvgIpc) is 3.23. The molecule has 0 radical (unpaired) electrons. The number of pyridine rings is 1. The number of aromatic nitrogens is 2. The van der Waals surface area contributed by atoms with Crippen LogP contribution in [0.5, 0.6) is 0 Å². The number of halogens is 1. The Kier molecular flexibility index (Phi) is 5.21. The predicted molar refractivity (Wildman–Crippen MR) is 133 cm³/mol. The van der Waals surface area contributed by atoms with Crippen molar-refractivity contribution in [1.82, 2.24) is 14.3 Å². The number of anilines is 1. The van der Waals surface area contributed by atoms with Crippen LogP contribution in [-0.4, -0.2) is 40.5 Å². The lowest BCUT2D eigenvalue weighted by Gasteiger charge is -2.38. The Balaban J connectivity index is 1.41. The van der Waals surface area contributed by atoms with E-state index >= 15 is 0 Å². The van der Waals surface area contributed by atoms with Gasteiger partial charge in [0.05, 0.1) is 16.6 Å². The molecule has 1 saturated heterocycles. The Hall–Kier alpha value is -3.07. The van der Waals surface area contributed by atoms with Crippen LogP contribution in [0.25, 0.3) is 16.7 Å². The second kappa shape index (κ2) is 8.37. The first kappa shape index (κ1) is 20.5. The molecular formula is C27H26ClN5. The van der Waals surface area contributed by atoms with Gasteiger partial charge in [-0.3, -0.25) is 9.30 Å². The van der Waals surface area contributed by atoms with Crippen molar-refractivity contribution in [3.8, 4) is 6.07 Å². The number of hydrogen-bond donors (Lipinski definition) is 0. The summed E-state index contributed by atoms with van der Waals surface area (Å²) in [7, 11) is 0. The molecule has 2 aliphatic rings. The number of fused-ring (bicyclic) bond motifs is 4. The molecule has 6 heteroatoms. The quantitative estimate of drug-likeness (QED) is 0.425. The van der Waals surface area contributed by atoms with E-state index in [1.54, 1.807) is 0 Å². The average molecular weight is 456 g/mol. The standard InChI is InChI=1S/C27H26ClN5/c28-23-10-4-1-7-19(23)18-31-13-15-32(16-14-31)27-21-9-3-2-8-20(21)22(17-29)26-30-24-11-5-6-12-25(24)33(26)27/h1,4-7,10-12H,2-3,8-9,13-16,18H2. The molecule has 0 saturated carbocycles. The summed E-state index contributed by atoms with van der Waals surface area (Å²) in [6.45, 7) is 4.74. The molecule has 0 amide bonds. The van der Waals surface area contributed by atoms with Crippen LogP contribution in [0.4, 0.5) is 5.82 Å². The summed E-state index contributed by atoms with van der Waals surface area (Å²) in [5.41, 5.74) is 7.38. The van der Waals surface area contributed by atoms with Crippen molar-refractivity contribution in [2.24, 2.45) is 0 Å². The lowest BCUT2D eigenvalue weighted by atomic mass is 9.88. The minimum Gasteiger partial charge on any atom is -0.355 e. The van der Waals surface area contributed by atoms with Crippen LogP contribution in [0.2, 0.25) is 5.02 Å². The summed E-state index contributed by atoms with van der Waals surface area (Å²) in [5.74, 6) is 1.25. The number of piperazine rings is 1. The van der Waals surface area contributed by atoms with E-state index in [1.807, 2.05) is 24.3 Å². The van der Waals surface area contributed by atoms with Crippen LogP contribution in [0.3, 0.4) is 0 Å². The highest BCUT2D eigenvalue weighted by atomic mass is 35.5. The molecule has 4 aromatic rings. The molecule has 3 heterocycles. The maximum absolute atomic E-state index is 10.1. The summed E-state index contributed by atoms with van der Waals surface area (Å²) < 4.78 is 2.27. The second-order valence-electron chi connectivity index (χ2n) is 9.09. The molecule has 0 atom stereocenters. The van der Waals surface area contributed by atoms with Crippen molar-refractivity contribution in [1.29, 1.82) is 5.26 Å². The van der Waals surface area contributed by atoms with Crippen molar-refractivity contribution in [3.05, 3.63) is 75.8 Å². The van der Waals surface area contributed by atoms with Crippen LogP contribution >= 0.6 is 11.6 Å². The zero-order valence-corrected chi connectivity index (χ0v) is 19.4. The van der Waals surface area contributed by atoms with Crippen molar-refractivity contribution < 1.29 is 0 Å². The molecule has 6 rings (SSSR count). The number of nitrogens with zero attached hydrogens (tertiary/aromatic N) is 5. The molecule has 33 heavy (non-hydrogen) atoms. The van der Waals surface area contributed by atoms with Gasteiger partial charge in [0, 0.05) is 37.7 Å². The van der Waals surface area contributed by atoms with E-state index in [9.17, 15) is 5.26 Å². The number of benzene rings is 2. The van der Waals surface area contributed by atoms with Crippen LogP contribution in [0.1, 0.15) is 35.1 Å². The SMILES string of the molecule is N#Cc1c2c(c(N3CCN(Cc4ccccc4Cl)CC3)n3c1nc1ccccc13)CCCC2. The molecule has 5 nitrogen and oxygen atoms in total. The van der Waals surface area contributed by atoms with Gasteiger partial charge in [0.15, 0.2) is 5.65 Å². The summed E-state index contributed by atoms with van der Waals surface area (Å²) in [5, 5.41) is 10.9. The van der Waals surface area contributed by atoms with E-state index in [1.165, 1.54) is 28.9 Å². The van der Waals surface area contributed by atoms with Gasteiger partial charge in [-0.15, -0.1) is 0 Å². The summed E-state index contributed by atoms with van der Waals surface area (Å²) >= 11 is 6.41. The highest BCUT2D eigenvalue weighted by Gasteiger charge is 2.29. The molecule has 166 valence electrons. The van der Waals surface area contributed by atoms with Crippen molar-refractivity contribution >= 4 is 34.1 Å². The maximum atomic E-state index is 10.1. The van der Waals surface area contributed by atoms with Gasteiger partial charge in [-0.25, -0.2) is 4.98 Å². The van der Waals surface area contributed by atoms with Gasteiger partial charge in [0.1, 0.15) is 11.9 Å². The topological polar surface area (TPSA) is 47.6 Å². The minimum atomic E-state index is 0.766. The van der Waals surface area contributed by atoms with Crippen molar-refractivity contribution in [3.63, 3.8) is 0 Å². The molecule has 0 spiro atoms. The maximum Gasteiger partial charge on any atom is 0.157 e. The van der Waals surface area contributed by atoms with Crippen LogP contribution in [-0.2, 0) is 19.4 Å². The number of imidazole rings is 1. The summed E-state index contributed by atoms with van der Waals surface area (Å²) in [4.78, 5) is 9.93. The highest BCUT2D eigenvalue weighted by molar-refractivity contribution is 6.31. The Bertz CT molecular complexity index is 1390. The van der Waals surface area contributed by atoms with E-state index in [4.69, 9.17) is 16.6 Å². The van der Waals surface area contributed by atoms with E-state index in [2.05, 4.69) is 44.5 Å². The van der Waals surface area contributed by atoms with Gasteiger partial charge in [-0.1, -0.05) is 41.9 Å². The van der Waals surface area contributed by atoms with Gasteiger partial charge in [-0.05, 0) is 60.6 Å². The van der Waals surface area contributed by atoms with E-state index in [-0.39, 0.29) is 0 Å². The minimum absolute atomic E-state index is 0.766. The first-order chi connectivity index (χ1) is 16.2. The fourth-order valence-corrected chi connectivity index (χ4v) is 5.74. The van der Waals surface area contributed by atoms with Crippen LogP contribution in [0, 0.1) is 11.3 Å². The molecule has 2 aromatic carbocycles. The fraction of sp³-hybridized carbons (Fsp3) is 0.333. The highest BCUT2D eigenvalue weighted by Crippen LogP contribution is 2.37. The van der Waals surface area contributed by atoms with E-state index < -0.39 is 0 Å². The smallest absolute Gasteiger partial charge is 0.157 e. The third-order valence-corrected chi connectivity index (χ3v) is 7.54. The Morgan fingerprint density at radius 1 is 0.909 bits per heavy atom. The van der Waals surface area contributed by atoms with Gasteiger partial charge < -0.3 is 4.90 Å². The van der Waals surface area contributed by atoms with Crippen molar-refractivity contribution in [2.75, 3.05) is 31.1 Å². The van der Waals surface area contributed by atoms with Crippen LogP contribution in [0.15, 0.2) is 48.5 Å². The number of hydrogen-bond acceptors (Lipinski definition) is 4. The Morgan fingerprint density at radius 3 is 2.42 bits per heavy atom. The Labute approximate surface area is 198 Å². The van der Waals surface area contributed by atoms with Gasteiger partial charge >= 0.3 is 0 Å². The molecule has 1 aliphatic carbocycles. The first-order valence-electron chi connectivity index (χ1n) is 11.8.